The van der Waals surface area contributed by atoms with Crippen LogP contribution < -0.4 is 11.1 Å². The van der Waals surface area contributed by atoms with Crippen LogP contribution in [-0.2, 0) is 9.53 Å². The van der Waals surface area contributed by atoms with E-state index in [-0.39, 0.29) is 23.8 Å². The van der Waals surface area contributed by atoms with E-state index in [1.807, 2.05) is 24.3 Å². The number of benzene rings is 1. The number of carbonyl (C=O) groups is 1. The van der Waals surface area contributed by atoms with Crippen molar-refractivity contribution in [3.8, 4) is 0 Å². The maximum absolute atomic E-state index is 10.9. The molecule has 0 saturated heterocycles. The average Bonchev–Trinajstić information content (AvgIpc) is 2.37. The first-order chi connectivity index (χ1) is 9.06. The molecule has 0 bridgehead atoms. The van der Waals surface area contributed by atoms with Gasteiger partial charge in [0.15, 0.2) is 0 Å². The van der Waals surface area contributed by atoms with E-state index in [9.17, 15) is 9.90 Å². The van der Waals surface area contributed by atoms with Gasteiger partial charge in [0.25, 0.3) is 0 Å². The van der Waals surface area contributed by atoms with E-state index in [0.29, 0.717) is 6.61 Å². The normalized spacial score (nSPS) is 13.9. The minimum atomic E-state index is -0.227. The third kappa shape index (κ3) is 5.61. The number of nitrogens with one attached hydrogen (secondary N) is 1. The van der Waals surface area contributed by atoms with Gasteiger partial charge in [-0.15, -0.1) is 11.8 Å². The number of carbonyl (C=O) groups excluding carboxylic acids is 1. The summed E-state index contributed by atoms with van der Waals surface area (Å²) in [5.74, 6) is -0.101. The summed E-state index contributed by atoms with van der Waals surface area (Å²) in [6.45, 7) is 1.86. The summed E-state index contributed by atoms with van der Waals surface area (Å²) in [6, 6.07) is 7.19. The Labute approximate surface area is 117 Å². The van der Waals surface area contributed by atoms with E-state index in [1.165, 1.54) is 18.7 Å². The Morgan fingerprint density at radius 3 is 2.58 bits per heavy atom. The van der Waals surface area contributed by atoms with Crippen molar-refractivity contribution in [3.63, 3.8) is 0 Å². The molecule has 106 valence electrons. The van der Waals surface area contributed by atoms with Crippen molar-refractivity contribution in [1.29, 1.82) is 0 Å². The van der Waals surface area contributed by atoms with Crippen molar-refractivity contribution in [2.45, 2.75) is 23.1 Å². The van der Waals surface area contributed by atoms with Gasteiger partial charge in [-0.1, -0.05) is 0 Å². The monoisotopic (exact) mass is 284 g/mol. The smallest absolute Gasteiger partial charge is 0.221 e. The number of nitrogens with two attached hydrogens (primary N) is 1. The lowest BCUT2D eigenvalue weighted by molar-refractivity contribution is -0.114. The predicted octanol–water partition coefficient (Wildman–Crippen LogP) is 1.07. The van der Waals surface area contributed by atoms with E-state index in [2.05, 4.69) is 5.32 Å². The van der Waals surface area contributed by atoms with Gasteiger partial charge in [0, 0.05) is 35.9 Å². The Hall–Kier alpha value is -1.08. The molecule has 0 fully saturated rings. The molecule has 0 aliphatic carbocycles. The highest BCUT2D eigenvalue weighted by molar-refractivity contribution is 8.00. The van der Waals surface area contributed by atoms with Crippen LogP contribution in [0.15, 0.2) is 29.2 Å². The van der Waals surface area contributed by atoms with E-state index in [0.717, 1.165) is 10.6 Å². The zero-order valence-electron chi connectivity index (χ0n) is 11.1. The number of amides is 1. The minimum Gasteiger partial charge on any atom is -0.395 e. The molecule has 1 aromatic carbocycles. The molecule has 0 radical (unpaired) electrons. The van der Waals surface area contributed by atoms with Crippen LogP contribution >= 0.6 is 11.8 Å². The van der Waals surface area contributed by atoms with Crippen molar-refractivity contribution >= 4 is 23.4 Å². The fourth-order valence-electron chi connectivity index (χ4n) is 1.55. The molecule has 0 aliphatic heterocycles. The van der Waals surface area contributed by atoms with Crippen LogP contribution in [0.4, 0.5) is 5.69 Å². The van der Waals surface area contributed by atoms with Crippen LogP contribution in [-0.4, -0.2) is 42.6 Å². The predicted molar refractivity (Wildman–Crippen MR) is 77.3 cm³/mol. The second-order valence-corrected chi connectivity index (χ2v) is 5.48. The van der Waals surface area contributed by atoms with Gasteiger partial charge in [0.2, 0.25) is 5.91 Å². The Bertz CT molecular complexity index is 397. The van der Waals surface area contributed by atoms with Crippen LogP contribution in [0.5, 0.6) is 0 Å². The molecule has 19 heavy (non-hydrogen) atoms. The van der Waals surface area contributed by atoms with Crippen molar-refractivity contribution in [2.24, 2.45) is 5.73 Å². The molecular formula is C13H20N2O3S. The Morgan fingerprint density at radius 1 is 1.47 bits per heavy atom. The van der Waals surface area contributed by atoms with Gasteiger partial charge in [-0.2, -0.15) is 0 Å². The number of methoxy groups -OCH3 is 1. The van der Waals surface area contributed by atoms with Gasteiger partial charge in [0.1, 0.15) is 0 Å². The molecular weight excluding hydrogens is 264 g/mol. The molecule has 0 aromatic heterocycles. The number of ether oxygens (including phenoxy) is 1. The number of aliphatic hydroxyl groups is 1. The molecule has 2 unspecified atom stereocenters. The zero-order valence-corrected chi connectivity index (χ0v) is 11.9. The van der Waals surface area contributed by atoms with Crippen LogP contribution in [0.2, 0.25) is 0 Å². The molecule has 2 atom stereocenters. The van der Waals surface area contributed by atoms with Crippen molar-refractivity contribution in [3.05, 3.63) is 24.3 Å². The summed E-state index contributed by atoms with van der Waals surface area (Å²) < 4.78 is 4.99. The summed E-state index contributed by atoms with van der Waals surface area (Å²) in [4.78, 5) is 11.9. The number of hydrogen-bond donors (Lipinski definition) is 3. The van der Waals surface area contributed by atoms with Gasteiger partial charge < -0.3 is 20.9 Å². The number of thioether (sulfide) groups is 1. The highest BCUT2D eigenvalue weighted by atomic mass is 32.2. The summed E-state index contributed by atoms with van der Waals surface area (Å²) in [5.41, 5.74) is 6.67. The van der Waals surface area contributed by atoms with Gasteiger partial charge >= 0.3 is 0 Å². The van der Waals surface area contributed by atoms with Gasteiger partial charge in [-0.25, -0.2) is 0 Å². The summed E-state index contributed by atoms with van der Waals surface area (Å²) in [6.07, 6.45) is 0. The lowest BCUT2D eigenvalue weighted by Crippen LogP contribution is -2.38. The van der Waals surface area contributed by atoms with Crippen molar-refractivity contribution in [1.82, 2.24) is 0 Å². The van der Waals surface area contributed by atoms with Gasteiger partial charge in [-0.05, 0) is 24.3 Å². The molecule has 0 saturated carbocycles. The van der Waals surface area contributed by atoms with Gasteiger partial charge in [-0.3, -0.25) is 4.79 Å². The highest BCUT2D eigenvalue weighted by Crippen LogP contribution is 2.26. The molecule has 6 heteroatoms. The second-order valence-electron chi connectivity index (χ2n) is 4.16. The summed E-state index contributed by atoms with van der Waals surface area (Å²) in [7, 11) is 1.58. The summed E-state index contributed by atoms with van der Waals surface area (Å²) >= 11 is 1.50. The van der Waals surface area contributed by atoms with E-state index < -0.39 is 0 Å². The highest BCUT2D eigenvalue weighted by Gasteiger charge is 2.18. The van der Waals surface area contributed by atoms with Gasteiger partial charge in [0.05, 0.1) is 13.2 Å². The first-order valence-electron chi connectivity index (χ1n) is 5.96. The number of hydrogen-bond acceptors (Lipinski definition) is 5. The standard InChI is InChI=1S/C13H20N2O3S/c1-9(17)15-10-3-5-11(6-4-10)19-13(7-16)12(14)8-18-2/h3-6,12-13,16H,7-8,14H2,1-2H3,(H,15,17). The molecule has 1 amide bonds. The third-order valence-electron chi connectivity index (χ3n) is 2.48. The molecule has 0 aliphatic rings. The SMILES string of the molecule is COCC(N)C(CO)Sc1ccc(NC(C)=O)cc1. The maximum atomic E-state index is 10.9. The minimum absolute atomic E-state index is 0.0113. The molecule has 1 rings (SSSR count). The first kappa shape index (κ1) is 16.0. The molecule has 0 spiro atoms. The maximum Gasteiger partial charge on any atom is 0.221 e. The van der Waals surface area contributed by atoms with Crippen molar-refractivity contribution in [2.75, 3.05) is 25.6 Å². The Kier molecular flexibility index (Phi) is 6.86. The largest absolute Gasteiger partial charge is 0.395 e. The average molecular weight is 284 g/mol. The molecule has 1 aromatic rings. The van der Waals surface area contributed by atoms with Crippen LogP contribution in [0.25, 0.3) is 0 Å². The quantitative estimate of drug-likeness (QED) is 0.652. The van der Waals surface area contributed by atoms with Crippen LogP contribution in [0, 0.1) is 0 Å². The number of aliphatic hydroxyl groups excluding tert-OH is 1. The number of anilines is 1. The fourth-order valence-corrected chi connectivity index (χ4v) is 2.53. The third-order valence-corrected chi connectivity index (χ3v) is 3.82. The topological polar surface area (TPSA) is 84.6 Å². The molecule has 4 N–H and O–H groups in total. The van der Waals surface area contributed by atoms with Crippen molar-refractivity contribution < 1.29 is 14.6 Å². The van der Waals surface area contributed by atoms with E-state index >= 15 is 0 Å². The molecule has 0 heterocycles. The van der Waals surface area contributed by atoms with Crippen LogP contribution in [0.1, 0.15) is 6.92 Å². The fraction of sp³-hybridized carbons (Fsp3) is 0.462. The van der Waals surface area contributed by atoms with E-state index in [1.54, 1.807) is 7.11 Å². The van der Waals surface area contributed by atoms with Crippen LogP contribution in [0.3, 0.4) is 0 Å². The summed E-state index contributed by atoms with van der Waals surface area (Å²) in [5, 5.41) is 11.9. The molecule has 5 nitrogen and oxygen atoms in total. The lowest BCUT2D eigenvalue weighted by atomic mass is 10.2. The second kappa shape index (κ2) is 8.16. The zero-order chi connectivity index (χ0) is 14.3. The van der Waals surface area contributed by atoms with E-state index in [4.69, 9.17) is 10.5 Å². The lowest BCUT2D eigenvalue weighted by Gasteiger charge is -2.20. The Balaban J connectivity index is 2.62. The first-order valence-corrected chi connectivity index (χ1v) is 6.84. The Morgan fingerprint density at radius 2 is 2.11 bits per heavy atom. The number of rotatable bonds is 7.